The van der Waals surface area contributed by atoms with Crippen LogP contribution in [0.15, 0.2) is 24.4 Å². The van der Waals surface area contributed by atoms with Gasteiger partial charge in [-0.3, -0.25) is 0 Å². The smallest absolute Gasteiger partial charge is 0.132 e. The fraction of sp³-hybridized carbons (Fsp3) is 0.308. The minimum atomic E-state index is -0.500. The average Bonchev–Trinajstić information content (AvgIpc) is 3.02. The number of nitrogens with one attached hydrogen (secondary N) is 1. The number of aliphatic hydroxyl groups excluding tert-OH is 1. The molecule has 0 saturated heterocycles. The molecule has 0 aliphatic heterocycles. The minimum Gasteiger partial charge on any atom is -0.395 e. The minimum absolute atomic E-state index is 0.0194. The monoisotopic (exact) mass is 250 g/mol. The van der Waals surface area contributed by atoms with Gasteiger partial charge in [-0.2, -0.15) is 0 Å². The maximum atomic E-state index is 13.6. The van der Waals surface area contributed by atoms with Gasteiger partial charge in [0.15, 0.2) is 0 Å². The van der Waals surface area contributed by atoms with Crippen molar-refractivity contribution in [2.45, 2.75) is 18.3 Å². The van der Waals surface area contributed by atoms with Gasteiger partial charge in [0.1, 0.15) is 17.5 Å². The lowest BCUT2D eigenvalue weighted by Gasteiger charge is -2.07. The van der Waals surface area contributed by atoms with Crippen molar-refractivity contribution in [3.63, 3.8) is 0 Å². The molecule has 1 aliphatic rings. The second-order valence-electron chi connectivity index (χ2n) is 4.71. The summed E-state index contributed by atoms with van der Waals surface area (Å²) in [6.07, 6.45) is 3.20. The Balaban J connectivity index is 2.00. The summed E-state index contributed by atoms with van der Waals surface area (Å²) in [6, 6.07) is 3.29. The molecule has 0 bridgehead atoms. The predicted molar refractivity (Wildman–Crippen MR) is 61.9 cm³/mol. The standard InChI is InChI=1S/C13H12F2N2O/c14-8-1-2-10(15)9(5-8)11-6-16-12(17-11)13(7-18)3-4-13/h1-2,5-6,18H,3-4,7H2,(H,16,17). The summed E-state index contributed by atoms with van der Waals surface area (Å²) in [6.45, 7) is 0.0194. The molecule has 0 amide bonds. The molecule has 1 saturated carbocycles. The number of hydrogen-bond acceptors (Lipinski definition) is 2. The molecule has 0 atom stereocenters. The first-order valence-electron chi connectivity index (χ1n) is 5.76. The van der Waals surface area contributed by atoms with Crippen LogP contribution in [-0.2, 0) is 5.41 Å². The van der Waals surface area contributed by atoms with Crippen LogP contribution in [0.3, 0.4) is 0 Å². The fourth-order valence-electron chi connectivity index (χ4n) is 2.05. The van der Waals surface area contributed by atoms with E-state index in [0.717, 1.165) is 31.0 Å². The second-order valence-corrected chi connectivity index (χ2v) is 4.71. The van der Waals surface area contributed by atoms with Gasteiger partial charge in [0.25, 0.3) is 0 Å². The second kappa shape index (κ2) is 3.88. The van der Waals surface area contributed by atoms with Gasteiger partial charge >= 0.3 is 0 Å². The van der Waals surface area contributed by atoms with Crippen LogP contribution < -0.4 is 0 Å². The quantitative estimate of drug-likeness (QED) is 0.878. The normalized spacial score (nSPS) is 16.8. The summed E-state index contributed by atoms with van der Waals surface area (Å²) >= 11 is 0. The van der Waals surface area contributed by atoms with Crippen LogP contribution in [0.2, 0.25) is 0 Å². The van der Waals surface area contributed by atoms with E-state index in [2.05, 4.69) is 9.97 Å². The highest BCUT2D eigenvalue weighted by Crippen LogP contribution is 2.46. The zero-order chi connectivity index (χ0) is 12.8. The Kier molecular flexibility index (Phi) is 2.45. The van der Waals surface area contributed by atoms with Crippen molar-refractivity contribution in [2.75, 3.05) is 6.61 Å². The molecular weight excluding hydrogens is 238 g/mol. The molecule has 3 nitrogen and oxygen atoms in total. The van der Waals surface area contributed by atoms with E-state index in [4.69, 9.17) is 0 Å². The number of aromatic amines is 1. The molecular formula is C13H12F2N2O. The Morgan fingerprint density at radius 2 is 2.11 bits per heavy atom. The Morgan fingerprint density at radius 1 is 1.33 bits per heavy atom. The van der Waals surface area contributed by atoms with Crippen molar-refractivity contribution in [1.82, 2.24) is 9.97 Å². The van der Waals surface area contributed by atoms with E-state index in [1.807, 2.05) is 0 Å². The van der Waals surface area contributed by atoms with Crippen molar-refractivity contribution < 1.29 is 13.9 Å². The molecule has 0 spiro atoms. The van der Waals surface area contributed by atoms with Crippen molar-refractivity contribution >= 4 is 0 Å². The summed E-state index contributed by atoms with van der Waals surface area (Å²) in [5.41, 5.74) is 0.284. The summed E-state index contributed by atoms with van der Waals surface area (Å²) in [5.74, 6) is -0.352. The van der Waals surface area contributed by atoms with Gasteiger partial charge in [0.2, 0.25) is 0 Å². The third-order valence-electron chi connectivity index (χ3n) is 3.45. The highest BCUT2D eigenvalue weighted by atomic mass is 19.1. The predicted octanol–water partition coefficient (Wildman–Crippen LogP) is 2.38. The molecule has 2 aromatic rings. The lowest BCUT2D eigenvalue weighted by Crippen LogP contribution is -2.13. The average molecular weight is 250 g/mol. The molecule has 1 fully saturated rings. The Morgan fingerprint density at radius 3 is 2.78 bits per heavy atom. The van der Waals surface area contributed by atoms with Gasteiger partial charge in [0.05, 0.1) is 23.9 Å². The number of halogens is 2. The Bertz CT molecular complexity index is 590. The maximum absolute atomic E-state index is 13.6. The van der Waals surface area contributed by atoms with Crippen LogP contribution in [0.4, 0.5) is 8.78 Å². The highest BCUT2D eigenvalue weighted by Gasteiger charge is 2.46. The number of benzene rings is 1. The van der Waals surface area contributed by atoms with Gasteiger partial charge in [-0.25, -0.2) is 13.8 Å². The summed E-state index contributed by atoms with van der Waals surface area (Å²) < 4.78 is 26.7. The largest absolute Gasteiger partial charge is 0.395 e. The van der Waals surface area contributed by atoms with Crippen LogP contribution >= 0.6 is 0 Å². The van der Waals surface area contributed by atoms with E-state index in [1.165, 1.54) is 6.20 Å². The molecule has 0 radical (unpaired) electrons. The maximum Gasteiger partial charge on any atom is 0.132 e. The zero-order valence-corrected chi connectivity index (χ0v) is 9.58. The molecule has 1 aromatic heterocycles. The first-order valence-corrected chi connectivity index (χ1v) is 5.76. The molecule has 1 aliphatic carbocycles. The lowest BCUT2D eigenvalue weighted by atomic mass is 10.1. The van der Waals surface area contributed by atoms with E-state index >= 15 is 0 Å². The van der Waals surface area contributed by atoms with Crippen molar-refractivity contribution in [2.24, 2.45) is 0 Å². The summed E-state index contributed by atoms with van der Waals surface area (Å²) in [4.78, 5) is 7.14. The van der Waals surface area contributed by atoms with E-state index in [0.29, 0.717) is 11.5 Å². The molecule has 1 heterocycles. The molecule has 3 rings (SSSR count). The van der Waals surface area contributed by atoms with Crippen molar-refractivity contribution in [3.05, 3.63) is 41.9 Å². The third kappa shape index (κ3) is 1.71. The first-order chi connectivity index (χ1) is 8.64. The van der Waals surface area contributed by atoms with Crippen LogP contribution in [-0.4, -0.2) is 21.7 Å². The van der Waals surface area contributed by atoms with E-state index in [9.17, 15) is 13.9 Å². The fourth-order valence-corrected chi connectivity index (χ4v) is 2.05. The Hall–Kier alpha value is -1.75. The zero-order valence-electron chi connectivity index (χ0n) is 9.58. The first kappa shape index (κ1) is 11.3. The van der Waals surface area contributed by atoms with Crippen LogP contribution in [0, 0.1) is 11.6 Å². The third-order valence-corrected chi connectivity index (χ3v) is 3.45. The SMILES string of the molecule is OCC1(c2ncc(-c3cc(F)ccc3F)[nH]2)CC1. The number of imidazole rings is 1. The van der Waals surface area contributed by atoms with E-state index in [1.54, 1.807) is 0 Å². The Labute approximate surface area is 102 Å². The van der Waals surface area contributed by atoms with Crippen LogP contribution in [0.1, 0.15) is 18.7 Å². The van der Waals surface area contributed by atoms with E-state index in [-0.39, 0.29) is 17.6 Å². The van der Waals surface area contributed by atoms with Gasteiger partial charge < -0.3 is 10.1 Å². The molecule has 94 valence electrons. The molecule has 18 heavy (non-hydrogen) atoms. The molecule has 0 unspecified atom stereocenters. The topological polar surface area (TPSA) is 48.9 Å². The van der Waals surface area contributed by atoms with E-state index < -0.39 is 11.6 Å². The van der Waals surface area contributed by atoms with Gasteiger partial charge in [-0.05, 0) is 31.0 Å². The number of aromatic nitrogens is 2. The number of rotatable bonds is 3. The van der Waals surface area contributed by atoms with Crippen molar-refractivity contribution in [3.8, 4) is 11.3 Å². The van der Waals surface area contributed by atoms with Crippen LogP contribution in [0.25, 0.3) is 11.3 Å². The molecule has 5 heteroatoms. The van der Waals surface area contributed by atoms with Crippen LogP contribution in [0.5, 0.6) is 0 Å². The van der Waals surface area contributed by atoms with Gasteiger partial charge in [-0.1, -0.05) is 0 Å². The molecule has 1 aromatic carbocycles. The molecule has 2 N–H and O–H groups in total. The summed E-state index contributed by atoms with van der Waals surface area (Å²) in [5, 5.41) is 9.29. The summed E-state index contributed by atoms with van der Waals surface area (Å²) in [7, 11) is 0. The lowest BCUT2D eigenvalue weighted by molar-refractivity contribution is 0.250. The number of nitrogens with zero attached hydrogens (tertiary/aromatic N) is 1. The van der Waals surface area contributed by atoms with Gasteiger partial charge in [0, 0.05) is 5.56 Å². The number of H-pyrrole nitrogens is 1. The highest BCUT2D eigenvalue weighted by molar-refractivity contribution is 5.59. The van der Waals surface area contributed by atoms with Crippen molar-refractivity contribution in [1.29, 1.82) is 0 Å². The number of aliphatic hydroxyl groups is 1. The number of hydrogen-bond donors (Lipinski definition) is 2. The van der Waals surface area contributed by atoms with Gasteiger partial charge in [-0.15, -0.1) is 0 Å².